The molecule has 0 aliphatic carbocycles. The smallest absolute Gasteiger partial charge is 0.308 e. The highest BCUT2D eigenvalue weighted by molar-refractivity contribution is 5.69. The number of aryl methyl sites for hydroxylation is 1. The molecule has 0 fully saturated rings. The number of rotatable bonds is 7. The van der Waals surface area contributed by atoms with Crippen molar-refractivity contribution in [3.05, 3.63) is 35.9 Å². The van der Waals surface area contributed by atoms with E-state index in [1.807, 2.05) is 30.3 Å². The molecule has 0 unspecified atom stereocenters. The topological polar surface area (TPSA) is 66.8 Å². The van der Waals surface area contributed by atoms with Crippen LogP contribution in [-0.4, -0.2) is 35.5 Å². The summed E-state index contributed by atoms with van der Waals surface area (Å²) in [5.41, 5.74) is 1.15. The SMILES string of the molecule is COC(=O)C[C@@H](O)C[C@@H](O)CCc1ccccc1. The lowest BCUT2D eigenvalue weighted by Crippen LogP contribution is -2.21. The fourth-order valence-electron chi connectivity index (χ4n) is 1.77. The molecule has 1 rings (SSSR count). The number of hydrogen-bond donors (Lipinski definition) is 2. The van der Waals surface area contributed by atoms with Crippen LogP contribution in [0.1, 0.15) is 24.8 Å². The largest absolute Gasteiger partial charge is 0.469 e. The second-order valence-corrected chi connectivity index (χ2v) is 4.35. The molecule has 0 heterocycles. The number of hydrogen-bond acceptors (Lipinski definition) is 4. The summed E-state index contributed by atoms with van der Waals surface area (Å²) in [6.07, 6.45) is 0.00355. The lowest BCUT2D eigenvalue weighted by molar-refractivity contribution is -0.143. The molecule has 0 saturated heterocycles. The van der Waals surface area contributed by atoms with Crippen molar-refractivity contribution in [2.24, 2.45) is 0 Å². The average Bonchev–Trinajstić information content (AvgIpc) is 2.37. The molecule has 100 valence electrons. The Morgan fingerprint density at radius 2 is 1.89 bits per heavy atom. The molecule has 0 aliphatic heterocycles. The van der Waals surface area contributed by atoms with Crippen LogP contribution in [0, 0.1) is 0 Å². The van der Waals surface area contributed by atoms with Gasteiger partial charge in [-0.2, -0.15) is 0 Å². The molecule has 0 spiro atoms. The highest BCUT2D eigenvalue weighted by Gasteiger charge is 2.15. The van der Waals surface area contributed by atoms with Crippen molar-refractivity contribution in [1.82, 2.24) is 0 Å². The van der Waals surface area contributed by atoms with Crippen molar-refractivity contribution in [2.75, 3.05) is 7.11 Å². The van der Waals surface area contributed by atoms with Crippen molar-refractivity contribution in [3.8, 4) is 0 Å². The number of methoxy groups -OCH3 is 1. The molecule has 18 heavy (non-hydrogen) atoms. The summed E-state index contributed by atoms with van der Waals surface area (Å²) >= 11 is 0. The van der Waals surface area contributed by atoms with Crippen molar-refractivity contribution in [2.45, 2.75) is 37.9 Å². The summed E-state index contributed by atoms with van der Waals surface area (Å²) in [5.74, 6) is -0.460. The Balaban J connectivity index is 2.25. The van der Waals surface area contributed by atoms with Crippen LogP contribution in [0.25, 0.3) is 0 Å². The summed E-state index contributed by atoms with van der Waals surface area (Å²) < 4.78 is 4.45. The molecule has 0 aliphatic rings. The Morgan fingerprint density at radius 3 is 2.50 bits per heavy atom. The van der Waals surface area contributed by atoms with Crippen LogP contribution in [0.15, 0.2) is 30.3 Å². The van der Waals surface area contributed by atoms with E-state index in [2.05, 4.69) is 4.74 Å². The monoisotopic (exact) mass is 252 g/mol. The standard InChI is InChI=1S/C14H20O4/c1-18-14(17)10-13(16)9-12(15)8-7-11-5-3-2-4-6-11/h2-6,12-13,15-16H,7-10H2,1H3/t12-,13-/m0/s1. The van der Waals surface area contributed by atoms with Crippen molar-refractivity contribution in [3.63, 3.8) is 0 Å². The summed E-state index contributed by atoms with van der Waals surface area (Å²) in [6.45, 7) is 0. The third-order valence-corrected chi connectivity index (χ3v) is 2.78. The highest BCUT2D eigenvalue weighted by Crippen LogP contribution is 2.10. The molecule has 0 bridgehead atoms. The number of aliphatic hydroxyl groups is 2. The minimum Gasteiger partial charge on any atom is -0.469 e. The van der Waals surface area contributed by atoms with Crippen LogP contribution in [0.4, 0.5) is 0 Å². The molecular weight excluding hydrogens is 232 g/mol. The molecule has 2 N–H and O–H groups in total. The molecule has 0 aromatic heterocycles. The fraction of sp³-hybridized carbons (Fsp3) is 0.500. The van der Waals surface area contributed by atoms with E-state index in [0.29, 0.717) is 6.42 Å². The molecule has 0 saturated carbocycles. The number of carbonyl (C=O) groups is 1. The third-order valence-electron chi connectivity index (χ3n) is 2.78. The van der Waals surface area contributed by atoms with Crippen molar-refractivity contribution >= 4 is 5.97 Å². The molecule has 0 amide bonds. The summed E-state index contributed by atoms with van der Waals surface area (Å²) in [5, 5.41) is 19.3. The second-order valence-electron chi connectivity index (χ2n) is 4.35. The van der Waals surface area contributed by atoms with Crippen LogP contribution in [0.2, 0.25) is 0 Å². The van der Waals surface area contributed by atoms with E-state index >= 15 is 0 Å². The number of aliphatic hydroxyl groups excluding tert-OH is 2. The van der Waals surface area contributed by atoms with E-state index in [4.69, 9.17) is 0 Å². The minimum atomic E-state index is -0.844. The Bertz CT molecular complexity index is 350. The molecule has 2 atom stereocenters. The Kier molecular flexibility index (Phi) is 6.39. The van der Waals surface area contributed by atoms with E-state index < -0.39 is 18.2 Å². The van der Waals surface area contributed by atoms with Gasteiger partial charge < -0.3 is 14.9 Å². The first-order valence-corrected chi connectivity index (χ1v) is 6.08. The fourth-order valence-corrected chi connectivity index (χ4v) is 1.77. The molecule has 1 aromatic carbocycles. The average molecular weight is 252 g/mol. The van der Waals surface area contributed by atoms with E-state index in [9.17, 15) is 15.0 Å². The van der Waals surface area contributed by atoms with Gasteiger partial charge in [-0.3, -0.25) is 4.79 Å². The van der Waals surface area contributed by atoms with E-state index in [1.54, 1.807) is 0 Å². The quantitative estimate of drug-likeness (QED) is 0.718. The number of benzene rings is 1. The third kappa shape index (κ3) is 5.80. The Hall–Kier alpha value is -1.39. The van der Waals surface area contributed by atoms with Gasteiger partial charge in [0.2, 0.25) is 0 Å². The maximum Gasteiger partial charge on any atom is 0.308 e. The van der Waals surface area contributed by atoms with Gasteiger partial charge in [-0.25, -0.2) is 0 Å². The molecular formula is C14H20O4. The van der Waals surface area contributed by atoms with Gasteiger partial charge in [0.25, 0.3) is 0 Å². The maximum absolute atomic E-state index is 10.9. The van der Waals surface area contributed by atoms with Gasteiger partial charge in [-0.15, -0.1) is 0 Å². The highest BCUT2D eigenvalue weighted by atomic mass is 16.5. The Morgan fingerprint density at radius 1 is 1.22 bits per heavy atom. The summed E-state index contributed by atoms with van der Waals surface area (Å²) in [6, 6.07) is 9.84. The summed E-state index contributed by atoms with van der Waals surface area (Å²) in [4.78, 5) is 10.9. The van der Waals surface area contributed by atoms with Gasteiger partial charge >= 0.3 is 5.97 Å². The normalized spacial score (nSPS) is 13.9. The molecule has 0 radical (unpaired) electrons. The van der Waals surface area contributed by atoms with Crippen LogP contribution in [-0.2, 0) is 16.0 Å². The van der Waals surface area contributed by atoms with Gasteiger partial charge in [-0.05, 0) is 24.8 Å². The van der Waals surface area contributed by atoms with Crippen molar-refractivity contribution in [1.29, 1.82) is 0 Å². The predicted molar refractivity (Wildman–Crippen MR) is 68.0 cm³/mol. The minimum absolute atomic E-state index is 0.0705. The van der Waals surface area contributed by atoms with Gasteiger partial charge in [0.05, 0.1) is 25.7 Å². The lowest BCUT2D eigenvalue weighted by Gasteiger charge is -2.14. The zero-order valence-corrected chi connectivity index (χ0v) is 10.6. The van der Waals surface area contributed by atoms with Crippen LogP contribution in [0.5, 0.6) is 0 Å². The van der Waals surface area contributed by atoms with E-state index in [1.165, 1.54) is 7.11 Å². The summed E-state index contributed by atoms with van der Waals surface area (Å²) in [7, 11) is 1.28. The van der Waals surface area contributed by atoms with Crippen molar-refractivity contribution < 1.29 is 19.7 Å². The van der Waals surface area contributed by atoms with Gasteiger partial charge in [0.15, 0.2) is 0 Å². The molecule has 4 heteroatoms. The van der Waals surface area contributed by atoms with Gasteiger partial charge in [-0.1, -0.05) is 30.3 Å². The van der Waals surface area contributed by atoms with Gasteiger partial charge in [0.1, 0.15) is 0 Å². The second kappa shape index (κ2) is 7.84. The molecule has 4 nitrogen and oxygen atoms in total. The molecule has 1 aromatic rings. The first kappa shape index (κ1) is 14.7. The zero-order valence-electron chi connectivity index (χ0n) is 10.6. The van der Waals surface area contributed by atoms with E-state index in [-0.39, 0.29) is 12.8 Å². The zero-order chi connectivity index (χ0) is 13.4. The first-order valence-electron chi connectivity index (χ1n) is 6.08. The number of ether oxygens (including phenoxy) is 1. The first-order chi connectivity index (χ1) is 8.61. The van der Waals surface area contributed by atoms with Gasteiger partial charge in [0, 0.05) is 0 Å². The Labute approximate surface area is 107 Å². The number of carbonyl (C=O) groups excluding carboxylic acids is 1. The van der Waals surface area contributed by atoms with Crippen LogP contribution in [0.3, 0.4) is 0 Å². The van der Waals surface area contributed by atoms with E-state index in [0.717, 1.165) is 12.0 Å². The number of esters is 1. The van der Waals surface area contributed by atoms with Crippen LogP contribution < -0.4 is 0 Å². The predicted octanol–water partition coefficient (Wildman–Crippen LogP) is 1.29. The van der Waals surface area contributed by atoms with Crippen LogP contribution >= 0.6 is 0 Å². The lowest BCUT2D eigenvalue weighted by atomic mass is 10.0. The maximum atomic E-state index is 10.9.